The highest BCUT2D eigenvalue weighted by molar-refractivity contribution is 5.20. The predicted molar refractivity (Wildman–Crippen MR) is 104 cm³/mol. The van der Waals surface area contributed by atoms with Crippen LogP contribution in [0.15, 0.2) is 54.6 Å². The van der Waals surface area contributed by atoms with Gasteiger partial charge in [0.05, 0.1) is 0 Å². The van der Waals surface area contributed by atoms with Crippen LogP contribution in [0.4, 0.5) is 4.39 Å². The minimum Gasteiger partial charge on any atom is -0.310 e. The molecule has 1 atom stereocenters. The molecule has 1 N–H and O–H groups in total. The molecule has 0 radical (unpaired) electrons. The van der Waals surface area contributed by atoms with E-state index >= 15 is 0 Å². The summed E-state index contributed by atoms with van der Waals surface area (Å²) in [4.78, 5) is 2.48. The standard InChI is InChI=1S/C22H31FN2/c1-4-14-24-22(20-11-8-12-21(23)16-20)13-15-25(18(2)3)17-19-9-6-5-7-10-19/h5-12,16,18,22,24H,4,13-15,17H2,1-3H3. The Labute approximate surface area is 152 Å². The summed E-state index contributed by atoms with van der Waals surface area (Å²) in [6.07, 6.45) is 2.04. The van der Waals surface area contributed by atoms with E-state index in [1.165, 1.54) is 11.6 Å². The van der Waals surface area contributed by atoms with Crippen molar-refractivity contribution in [2.45, 2.75) is 52.2 Å². The lowest BCUT2D eigenvalue weighted by molar-refractivity contribution is 0.201. The summed E-state index contributed by atoms with van der Waals surface area (Å²) in [5.41, 5.74) is 2.37. The van der Waals surface area contributed by atoms with Crippen LogP contribution >= 0.6 is 0 Å². The first-order chi connectivity index (χ1) is 12.1. The minimum atomic E-state index is -0.161. The highest BCUT2D eigenvalue weighted by atomic mass is 19.1. The molecule has 0 aliphatic heterocycles. The fourth-order valence-electron chi connectivity index (χ4n) is 3.06. The number of halogens is 1. The number of rotatable bonds is 10. The molecular weight excluding hydrogens is 311 g/mol. The lowest BCUT2D eigenvalue weighted by atomic mass is 10.0. The van der Waals surface area contributed by atoms with Gasteiger partial charge in [-0.05, 0) is 56.5 Å². The Morgan fingerprint density at radius 2 is 1.80 bits per heavy atom. The molecule has 3 heteroatoms. The van der Waals surface area contributed by atoms with Crippen LogP contribution in [0.3, 0.4) is 0 Å². The molecule has 0 fully saturated rings. The maximum absolute atomic E-state index is 13.6. The smallest absolute Gasteiger partial charge is 0.123 e. The van der Waals surface area contributed by atoms with E-state index in [0.29, 0.717) is 6.04 Å². The molecule has 0 spiro atoms. The zero-order chi connectivity index (χ0) is 18.1. The average molecular weight is 343 g/mol. The number of benzene rings is 2. The van der Waals surface area contributed by atoms with Crippen molar-refractivity contribution in [1.82, 2.24) is 10.2 Å². The zero-order valence-electron chi connectivity index (χ0n) is 15.7. The molecule has 0 aliphatic carbocycles. The Bertz CT molecular complexity index is 612. The maximum Gasteiger partial charge on any atom is 0.123 e. The second-order valence-electron chi connectivity index (χ2n) is 6.90. The van der Waals surface area contributed by atoms with E-state index in [0.717, 1.165) is 38.0 Å². The molecule has 0 bridgehead atoms. The first-order valence-corrected chi connectivity index (χ1v) is 9.37. The Hall–Kier alpha value is -1.71. The molecule has 2 aromatic carbocycles. The fourth-order valence-corrected chi connectivity index (χ4v) is 3.06. The Morgan fingerprint density at radius 3 is 2.44 bits per heavy atom. The van der Waals surface area contributed by atoms with Gasteiger partial charge in [-0.2, -0.15) is 0 Å². The molecule has 1 unspecified atom stereocenters. The second-order valence-corrected chi connectivity index (χ2v) is 6.90. The molecule has 0 saturated carbocycles. The molecule has 2 rings (SSSR count). The number of hydrogen-bond donors (Lipinski definition) is 1. The molecule has 0 aliphatic rings. The van der Waals surface area contributed by atoms with Gasteiger partial charge in [0.2, 0.25) is 0 Å². The van der Waals surface area contributed by atoms with Crippen molar-refractivity contribution in [3.8, 4) is 0 Å². The topological polar surface area (TPSA) is 15.3 Å². The Kier molecular flexibility index (Phi) is 8.10. The molecule has 0 saturated heterocycles. The lowest BCUT2D eigenvalue weighted by Gasteiger charge is -2.29. The summed E-state index contributed by atoms with van der Waals surface area (Å²) in [6, 6.07) is 18.2. The molecule has 0 heterocycles. The fraction of sp³-hybridized carbons (Fsp3) is 0.455. The van der Waals surface area contributed by atoms with Crippen LogP contribution in [-0.4, -0.2) is 24.0 Å². The molecule has 25 heavy (non-hydrogen) atoms. The van der Waals surface area contributed by atoms with Crippen molar-refractivity contribution in [1.29, 1.82) is 0 Å². The highest BCUT2D eigenvalue weighted by Crippen LogP contribution is 2.20. The second kappa shape index (κ2) is 10.3. The normalized spacial score (nSPS) is 12.7. The third-order valence-electron chi connectivity index (χ3n) is 4.56. The van der Waals surface area contributed by atoms with Crippen LogP contribution < -0.4 is 5.32 Å². The van der Waals surface area contributed by atoms with Gasteiger partial charge in [0.15, 0.2) is 0 Å². The summed E-state index contributed by atoms with van der Waals surface area (Å²) in [7, 11) is 0. The van der Waals surface area contributed by atoms with Gasteiger partial charge in [0.25, 0.3) is 0 Å². The van der Waals surface area contributed by atoms with E-state index in [4.69, 9.17) is 0 Å². The molecule has 0 aromatic heterocycles. The summed E-state index contributed by atoms with van der Waals surface area (Å²) in [5.74, 6) is -0.161. The SMILES string of the molecule is CCCNC(CCN(Cc1ccccc1)C(C)C)c1cccc(F)c1. The average Bonchev–Trinajstić information content (AvgIpc) is 2.61. The van der Waals surface area contributed by atoms with E-state index in [9.17, 15) is 4.39 Å². The van der Waals surface area contributed by atoms with Crippen LogP contribution in [0.25, 0.3) is 0 Å². The van der Waals surface area contributed by atoms with Gasteiger partial charge in [-0.15, -0.1) is 0 Å². The van der Waals surface area contributed by atoms with E-state index in [-0.39, 0.29) is 11.9 Å². The predicted octanol–water partition coefficient (Wildman–Crippen LogP) is 5.17. The maximum atomic E-state index is 13.6. The van der Waals surface area contributed by atoms with Gasteiger partial charge in [-0.25, -0.2) is 4.39 Å². The minimum absolute atomic E-state index is 0.161. The third kappa shape index (κ3) is 6.60. The largest absolute Gasteiger partial charge is 0.310 e. The van der Waals surface area contributed by atoms with E-state index in [2.05, 4.69) is 61.3 Å². The van der Waals surface area contributed by atoms with Gasteiger partial charge in [-0.1, -0.05) is 49.4 Å². The molecule has 136 valence electrons. The number of nitrogens with one attached hydrogen (secondary N) is 1. The van der Waals surface area contributed by atoms with Crippen LogP contribution in [0.5, 0.6) is 0 Å². The van der Waals surface area contributed by atoms with Crippen LogP contribution in [0, 0.1) is 5.82 Å². The van der Waals surface area contributed by atoms with Crippen molar-refractivity contribution in [3.63, 3.8) is 0 Å². The molecule has 2 nitrogen and oxygen atoms in total. The zero-order valence-corrected chi connectivity index (χ0v) is 15.7. The number of nitrogens with zero attached hydrogens (tertiary/aromatic N) is 1. The summed E-state index contributed by atoms with van der Waals surface area (Å²) < 4.78 is 13.6. The number of hydrogen-bond acceptors (Lipinski definition) is 2. The van der Waals surface area contributed by atoms with Crippen molar-refractivity contribution in [2.75, 3.05) is 13.1 Å². The van der Waals surface area contributed by atoms with Crippen molar-refractivity contribution >= 4 is 0 Å². The third-order valence-corrected chi connectivity index (χ3v) is 4.56. The van der Waals surface area contributed by atoms with Crippen LogP contribution in [0.1, 0.15) is 50.8 Å². The van der Waals surface area contributed by atoms with Gasteiger partial charge < -0.3 is 5.32 Å². The van der Waals surface area contributed by atoms with E-state index in [1.807, 2.05) is 6.07 Å². The van der Waals surface area contributed by atoms with Gasteiger partial charge in [0, 0.05) is 25.2 Å². The van der Waals surface area contributed by atoms with Gasteiger partial charge in [-0.3, -0.25) is 4.90 Å². The first-order valence-electron chi connectivity index (χ1n) is 9.37. The monoisotopic (exact) mass is 342 g/mol. The van der Waals surface area contributed by atoms with E-state index < -0.39 is 0 Å². The van der Waals surface area contributed by atoms with Crippen LogP contribution in [-0.2, 0) is 6.54 Å². The Balaban J connectivity index is 2.03. The lowest BCUT2D eigenvalue weighted by Crippen LogP contribution is -2.34. The van der Waals surface area contributed by atoms with Crippen molar-refractivity contribution in [3.05, 3.63) is 71.5 Å². The highest BCUT2D eigenvalue weighted by Gasteiger charge is 2.16. The van der Waals surface area contributed by atoms with Crippen molar-refractivity contribution in [2.24, 2.45) is 0 Å². The quantitative estimate of drug-likeness (QED) is 0.641. The molecule has 0 amide bonds. The Morgan fingerprint density at radius 1 is 1.04 bits per heavy atom. The summed E-state index contributed by atoms with van der Waals surface area (Å²) in [5, 5.41) is 3.58. The van der Waals surface area contributed by atoms with Crippen molar-refractivity contribution < 1.29 is 4.39 Å². The van der Waals surface area contributed by atoms with Gasteiger partial charge in [0.1, 0.15) is 5.82 Å². The van der Waals surface area contributed by atoms with Gasteiger partial charge >= 0.3 is 0 Å². The summed E-state index contributed by atoms with van der Waals surface area (Å²) >= 11 is 0. The molecular formula is C22H31FN2. The molecule has 2 aromatic rings. The van der Waals surface area contributed by atoms with E-state index in [1.54, 1.807) is 12.1 Å². The van der Waals surface area contributed by atoms with Crippen LogP contribution in [0.2, 0.25) is 0 Å². The first kappa shape index (κ1) is 19.6. The summed E-state index contributed by atoms with van der Waals surface area (Å²) in [6.45, 7) is 9.50.